The van der Waals surface area contributed by atoms with Crippen LogP contribution < -0.4 is 5.73 Å². The van der Waals surface area contributed by atoms with E-state index in [0.29, 0.717) is 6.54 Å². The van der Waals surface area contributed by atoms with E-state index in [-0.39, 0.29) is 11.3 Å². The van der Waals surface area contributed by atoms with Crippen molar-refractivity contribution >= 4 is 5.91 Å². The molecule has 0 atom stereocenters. The Morgan fingerprint density at radius 1 is 1.22 bits per heavy atom. The number of carbonyl (C=O) groups is 1. The number of amides is 1. The highest BCUT2D eigenvalue weighted by Crippen LogP contribution is 2.49. The first-order valence-electron chi connectivity index (χ1n) is 6.76. The van der Waals surface area contributed by atoms with Crippen molar-refractivity contribution in [3.63, 3.8) is 0 Å². The highest BCUT2D eigenvalue weighted by molar-refractivity contribution is 5.91. The van der Waals surface area contributed by atoms with Gasteiger partial charge in [-0.25, -0.2) is 0 Å². The van der Waals surface area contributed by atoms with E-state index in [2.05, 4.69) is 12.1 Å². The first kappa shape index (κ1) is 13.1. The quantitative estimate of drug-likeness (QED) is 0.864. The second-order valence-corrected chi connectivity index (χ2v) is 4.96. The Morgan fingerprint density at radius 2 is 1.78 bits per heavy atom. The molecular weight excluding hydrogens is 224 g/mol. The molecule has 3 heteroatoms. The third kappa shape index (κ3) is 2.15. The number of benzene rings is 1. The van der Waals surface area contributed by atoms with Crippen LogP contribution in [0.5, 0.6) is 0 Å². The maximum absolute atomic E-state index is 12.5. The fourth-order valence-electron chi connectivity index (χ4n) is 2.52. The summed E-state index contributed by atoms with van der Waals surface area (Å²) in [5.41, 5.74) is 7.63. The van der Waals surface area contributed by atoms with Crippen molar-refractivity contribution < 1.29 is 4.79 Å². The van der Waals surface area contributed by atoms with E-state index in [1.165, 1.54) is 0 Å². The van der Waals surface area contributed by atoms with Gasteiger partial charge < -0.3 is 10.6 Å². The van der Waals surface area contributed by atoms with E-state index >= 15 is 0 Å². The van der Waals surface area contributed by atoms with Gasteiger partial charge in [-0.2, -0.15) is 0 Å². The van der Waals surface area contributed by atoms with Crippen LogP contribution in [0.1, 0.15) is 37.8 Å². The lowest BCUT2D eigenvalue weighted by Crippen LogP contribution is -2.39. The summed E-state index contributed by atoms with van der Waals surface area (Å²) >= 11 is 0. The lowest BCUT2D eigenvalue weighted by atomic mass is 9.93. The first-order valence-corrected chi connectivity index (χ1v) is 6.76. The molecule has 18 heavy (non-hydrogen) atoms. The molecule has 1 amide bonds. The van der Waals surface area contributed by atoms with Crippen LogP contribution in [0.3, 0.4) is 0 Å². The molecule has 1 saturated carbocycles. The van der Waals surface area contributed by atoms with E-state index in [0.717, 1.165) is 37.1 Å². The van der Waals surface area contributed by atoms with Crippen LogP contribution in [0.4, 0.5) is 0 Å². The van der Waals surface area contributed by atoms with Gasteiger partial charge in [-0.05, 0) is 37.8 Å². The molecule has 0 spiro atoms. The third-order valence-electron chi connectivity index (χ3n) is 3.95. The van der Waals surface area contributed by atoms with E-state index in [1.54, 1.807) is 0 Å². The molecule has 98 valence electrons. The third-order valence-corrected chi connectivity index (χ3v) is 3.95. The maximum atomic E-state index is 12.5. The van der Waals surface area contributed by atoms with Gasteiger partial charge in [0.1, 0.15) is 0 Å². The molecule has 1 aliphatic rings. The largest absolute Gasteiger partial charge is 0.342 e. The summed E-state index contributed by atoms with van der Waals surface area (Å²) < 4.78 is 0. The average Bonchev–Trinajstić information content (AvgIpc) is 3.21. The molecule has 3 nitrogen and oxygen atoms in total. The molecule has 0 bridgehead atoms. The molecule has 0 radical (unpaired) electrons. The Bertz CT molecular complexity index is 417. The maximum Gasteiger partial charge on any atom is 0.233 e. The predicted octanol–water partition coefficient (Wildman–Crippen LogP) is 2.05. The summed E-state index contributed by atoms with van der Waals surface area (Å²) in [6.45, 7) is 6.21. The summed E-state index contributed by atoms with van der Waals surface area (Å²) in [7, 11) is 0. The number of nitrogens with zero attached hydrogens (tertiary/aromatic N) is 1. The van der Waals surface area contributed by atoms with Crippen molar-refractivity contribution in [1.82, 2.24) is 4.90 Å². The average molecular weight is 246 g/mol. The zero-order valence-corrected chi connectivity index (χ0v) is 11.3. The Balaban J connectivity index is 2.22. The van der Waals surface area contributed by atoms with E-state index in [9.17, 15) is 4.79 Å². The van der Waals surface area contributed by atoms with Crippen LogP contribution in [0.2, 0.25) is 0 Å². The molecule has 2 N–H and O–H groups in total. The Labute approximate surface area is 109 Å². The topological polar surface area (TPSA) is 46.3 Å². The molecule has 1 aliphatic carbocycles. The molecule has 0 aliphatic heterocycles. The van der Waals surface area contributed by atoms with Gasteiger partial charge in [-0.15, -0.1) is 0 Å². The summed E-state index contributed by atoms with van der Waals surface area (Å²) in [6, 6.07) is 8.20. The normalized spacial score (nSPS) is 16.4. The monoisotopic (exact) mass is 246 g/mol. The van der Waals surface area contributed by atoms with Crippen molar-refractivity contribution in [2.45, 2.75) is 38.6 Å². The van der Waals surface area contributed by atoms with Crippen molar-refractivity contribution in [2.75, 3.05) is 13.1 Å². The van der Waals surface area contributed by atoms with Gasteiger partial charge in [0, 0.05) is 19.6 Å². The smallest absolute Gasteiger partial charge is 0.233 e. The van der Waals surface area contributed by atoms with Gasteiger partial charge in [-0.1, -0.05) is 24.3 Å². The first-order chi connectivity index (χ1) is 8.67. The highest BCUT2D eigenvalue weighted by Gasteiger charge is 2.52. The molecule has 0 unspecified atom stereocenters. The summed E-state index contributed by atoms with van der Waals surface area (Å²) in [5, 5.41) is 0. The minimum Gasteiger partial charge on any atom is -0.342 e. The fourth-order valence-corrected chi connectivity index (χ4v) is 2.52. The molecule has 2 rings (SSSR count). The van der Waals surface area contributed by atoms with Gasteiger partial charge in [0.05, 0.1) is 5.41 Å². The summed E-state index contributed by atoms with van der Waals surface area (Å²) in [5.74, 6) is 0.285. The Morgan fingerprint density at radius 3 is 2.17 bits per heavy atom. The van der Waals surface area contributed by atoms with Crippen LogP contribution in [-0.4, -0.2) is 23.9 Å². The number of nitrogens with two attached hydrogens (primary N) is 1. The molecule has 0 aromatic heterocycles. The zero-order chi connectivity index (χ0) is 13.2. The molecule has 0 saturated heterocycles. The van der Waals surface area contributed by atoms with Gasteiger partial charge in [0.15, 0.2) is 0 Å². The zero-order valence-electron chi connectivity index (χ0n) is 11.3. The van der Waals surface area contributed by atoms with Crippen LogP contribution in [0, 0.1) is 0 Å². The Kier molecular flexibility index (Phi) is 3.71. The van der Waals surface area contributed by atoms with Crippen molar-refractivity contribution in [3.8, 4) is 0 Å². The van der Waals surface area contributed by atoms with E-state index in [4.69, 9.17) is 5.73 Å². The number of hydrogen-bond donors (Lipinski definition) is 1. The van der Waals surface area contributed by atoms with Gasteiger partial charge in [0.2, 0.25) is 5.91 Å². The molecule has 0 heterocycles. The van der Waals surface area contributed by atoms with Crippen LogP contribution in [-0.2, 0) is 16.8 Å². The number of likely N-dealkylation sites (N-methyl/N-ethyl adjacent to an activating group) is 1. The highest BCUT2D eigenvalue weighted by atomic mass is 16.2. The lowest BCUT2D eigenvalue weighted by Gasteiger charge is -2.25. The van der Waals surface area contributed by atoms with Crippen molar-refractivity contribution in [2.24, 2.45) is 5.73 Å². The molecule has 1 fully saturated rings. The predicted molar refractivity (Wildman–Crippen MR) is 73.2 cm³/mol. The second-order valence-electron chi connectivity index (χ2n) is 4.96. The van der Waals surface area contributed by atoms with Gasteiger partial charge >= 0.3 is 0 Å². The van der Waals surface area contributed by atoms with Gasteiger partial charge in [0.25, 0.3) is 0 Å². The minimum atomic E-state index is -0.237. The van der Waals surface area contributed by atoms with Crippen molar-refractivity contribution in [3.05, 3.63) is 35.4 Å². The van der Waals surface area contributed by atoms with E-state index in [1.807, 2.05) is 30.9 Å². The van der Waals surface area contributed by atoms with E-state index < -0.39 is 0 Å². The van der Waals surface area contributed by atoms with Crippen LogP contribution in [0.15, 0.2) is 24.3 Å². The van der Waals surface area contributed by atoms with Crippen LogP contribution in [0.25, 0.3) is 0 Å². The summed E-state index contributed by atoms with van der Waals surface area (Å²) in [4.78, 5) is 14.5. The lowest BCUT2D eigenvalue weighted by molar-refractivity contribution is -0.133. The SMILES string of the molecule is CCN(CC)C(=O)C1(c2ccc(CN)cc2)CC1. The van der Waals surface area contributed by atoms with Gasteiger partial charge in [-0.3, -0.25) is 4.79 Å². The number of carbonyl (C=O) groups excluding carboxylic acids is 1. The number of rotatable bonds is 5. The number of hydrogen-bond acceptors (Lipinski definition) is 2. The van der Waals surface area contributed by atoms with Crippen molar-refractivity contribution in [1.29, 1.82) is 0 Å². The van der Waals surface area contributed by atoms with Crippen LogP contribution >= 0.6 is 0 Å². The standard InChI is InChI=1S/C15H22N2O/c1-3-17(4-2)14(18)15(9-10-15)13-7-5-12(11-16)6-8-13/h5-8H,3-4,9-11,16H2,1-2H3. The molecule has 1 aromatic carbocycles. The summed E-state index contributed by atoms with van der Waals surface area (Å²) in [6.07, 6.45) is 1.95. The Hall–Kier alpha value is -1.35. The molecular formula is C15H22N2O. The molecule has 1 aromatic rings. The second kappa shape index (κ2) is 5.11. The minimum absolute atomic E-state index is 0.237. The fraction of sp³-hybridized carbons (Fsp3) is 0.533.